The molecule has 1 unspecified atom stereocenters. The van der Waals surface area contributed by atoms with Crippen molar-refractivity contribution in [2.24, 2.45) is 11.3 Å². The van der Waals surface area contributed by atoms with Gasteiger partial charge in [-0.05, 0) is 18.8 Å². The second-order valence-corrected chi connectivity index (χ2v) is 7.56. The Labute approximate surface area is 160 Å². The molecule has 150 valence electrons. The topological polar surface area (TPSA) is 85.8 Å². The van der Waals surface area contributed by atoms with Gasteiger partial charge in [0.1, 0.15) is 12.4 Å². The van der Waals surface area contributed by atoms with Crippen molar-refractivity contribution in [3.8, 4) is 5.88 Å². The van der Waals surface area contributed by atoms with E-state index >= 15 is 0 Å². The van der Waals surface area contributed by atoms with E-state index in [9.17, 15) is 4.79 Å². The number of rotatable bonds is 8. The summed E-state index contributed by atoms with van der Waals surface area (Å²) in [5.41, 5.74) is -0.176. The number of aromatic nitrogens is 2. The molecule has 1 saturated carbocycles. The fraction of sp³-hybridized carbons (Fsp3) is 0.737. The Balaban J connectivity index is 1.72. The lowest BCUT2D eigenvalue weighted by molar-refractivity contribution is -0.128. The van der Waals surface area contributed by atoms with Gasteiger partial charge in [0.2, 0.25) is 11.8 Å². The van der Waals surface area contributed by atoms with Crippen LogP contribution in [-0.4, -0.2) is 62.4 Å². The highest BCUT2D eigenvalue weighted by atomic mass is 16.5. The van der Waals surface area contributed by atoms with Gasteiger partial charge < -0.3 is 24.4 Å². The first-order valence-corrected chi connectivity index (χ1v) is 9.53. The minimum Gasteiger partial charge on any atom is -0.481 e. The number of ether oxygens (including phenoxy) is 3. The van der Waals surface area contributed by atoms with Gasteiger partial charge in [-0.3, -0.25) is 4.79 Å². The van der Waals surface area contributed by atoms with Crippen LogP contribution in [0.4, 0.5) is 5.82 Å². The number of hydrogen-bond acceptors (Lipinski definition) is 7. The van der Waals surface area contributed by atoms with E-state index in [0.717, 1.165) is 18.7 Å². The summed E-state index contributed by atoms with van der Waals surface area (Å²) < 4.78 is 16.1. The van der Waals surface area contributed by atoms with Crippen molar-refractivity contribution < 1.29 is 19.0 Å². The molecule has 0 spiro atoms. The smallest absolute Gasteiger partial charge is 0.226 e. The van der Waals surface area contributed by atoms with Crippen LogP contribution in [0.15, 0.2) is 6.07 Å². The first-order valence-electron chi connectivity index (χ1n) is 9.53. The molecule has 0 radical (unpaired) electrons. The van der Waals surface area contributed by atoms with E-state index in [0.29, 0.717) is 50.5 Å². The minimum absolute atomic E-state index is 0.0145. The normalized spacial score (nSPS) is 21.2. The van der Waals surface area contributed by atoms with Gasteiger partial charge in [0, 0.05) is 26.3 Å². The fourth-order valence-electron chi connectivity index (χ4n) is 3.62. The van der Waals surface area contributed by atoms with Crippen molar-refractivity contribution in [3.63, 3.8) is 0 Å². The highest BCUT2D eigenvalue weighted by molar-refractivity contribution is 5.85. The second-order valence-electron chi connectivity index (χ2n) is 7.56. The van der Waals surface area contributed by atoms with Gasteiger partial charge in [0.15, 0.2) is 5.82 Å². The van der Waals surface area contributed by atoms with E-state index in [1.165, 1.54) is 0 Å². The van der Waals surface area contributed by atoms with Gasteiger partial charge in [-0.15, -0.1) is 0 Å². The quantitative estimate of drug-likeness (QED) is 0.731. The number of nitrogens with zero attached hydrogens (tertiary/aromatic N) is 3. The molecule has 8 heteroatoms. The van der Waals surface area contributed by atoms with Crippen LogP contribution in [0.1, 0.15) is 32.5 Å². The molecule has 3 rings (SSSR count). The SMILES string of the molecule is COCc1nc(OC)cc(N2CCOCC2CNC(=O)C2(C(C)C)CC2)n1. The lowest BCUT2D eigenvalue weighted by Gasteiger charge is -2.37. The zero-order valence-electron chi connectivity index (χ0n) is 16.7. The summed E-state index contributed by atoms with van der Waals surface area (Å²) >= 11 is 0. The molecular weight excluding hydrogens is 348 g/mol. The summed E-state index contributed by atoms with van der Waals surface area (Å²) in [5, 5.41) is 3.14. The molecule has 1 atom stereocenters. The maximum Gasteiger partial charge on any atom is 0.226 e. The number of hydrogen-bond donors (Lipinski definition) is 1. The third-order valence-corrected chi connectivity index (χ3v) is 5.58. The molecule has 2 heterocycles. The van der Waals surface area contributed by atoms with Crippen LogP contribution in [0.5, 0.6) is 5.88 Å². The summed E-state index contributed by atoms with van der Waals surface area (Å²) in [6.07, 6.45) is 1.95. The molecule has 2 aliphatic rings. The third kappa shape index (κ3) is 4.32. The van der Waals surface area contributed by atoms with Crippen molar-refractivity contribution in [2.45, 2.75) is 39.3 Å². The lowest BCUT2D eigenvalue weighted by atomic mass is 9.91. The average molecular weight is 378 g/mol. The van der Waals surface area contributed by atoms with Crippen molar-refractivity contribution >= 4 is 11.7 Å². The van der Waals surface area contributed by atoms with Gasteiger partial charge in [-0.25, -0.2) is 4.98 Å². The Morgan fingerprint density at radius 1 is 1.41 bits per heavy atom. The van der Waals surface area contributed by atoms with Crippen LogP contribution in [0.2, 0.25) is 0 Å². The molecule has 0 aromatic carbocycles. The Hall–Kier alpha value is -1.93. The maximum absolute atomic E-state index is 12.7. The Kier molecular flexibility index (Phi) is 6.16. The molecule has 0 bridgehead atoms. The van der Waals surface area contributed by atoms with Gasteiger partial charge in [-0.1, -0.05) is 13.8 Å². The van der Waals surface area contributed by atoms with E-state index in [4.69, 9.17) is 14.2 Å². The van der Waals surface area contributed by atoms with Gasteiger partial charge in [0.05, 0.1) is 31.8 Å². The van der Waals surface area contributed by atoms with Crippen molar-refractivity contribution in [2.75, 3.05) is 45.4 Å². The third-order valence-electron chi connectivity index (χ3n) is 5.58. The summed E-state index contributed by atoms with van der Waals surface area (Å²) in [6.45, 7) is 6.93. The van der Waals surface area contributed by atoms with E-state index in [2.05, 4.69) is 34.0 Å². The molecule has 2 fully saturated rings. The lowest BCUT2D eigenvalue weighted by Crippen LogP contribution is -2.52. The number of methoxy groups -OCH3 is 2. The van der Waals surface area contributed by atoms with Crippen LogP contribution >= 0.6 is 0 Å². The number of nitrogens with one attached hydrogen (secondary N) is 1. The van der Waals surface area contributed by atoms with Crippen molar-refractivity contribution in [1.29, 1.82) is 0 Å². The number of morpholine rings is 1. The van der Waals surface area contributed by atoms with Crippen LogP contribution in [0.25, 0.3) is 0 Å². The minimum atomic E-state index is -0.176. The zero-order valence-corrected chi connectivity index (χ0v) is 16.7. The average Bonchev–Trinajstić information content (AvgIpc) is 3.48. The van der Waals surface area contributed by atoms with Crippen molar-refractivity contribution in [1.82, 2.24) is 15.3 Å². The molecule has 1 aromatic rings. The molecular formula is C19H30N4O4. The molecule has 1 saturated heterocycles. The Morgan fingerprint density at radius 2 is 2.19 bits per heavy atom. The van der Waals surface area contributed by atoms with Crippen LogP contribution in [0, 0.1) is 11.3 Å². The van der Waals surface area contributed by atoms with Crippen molar-refractivity contribution in [3.05, 3.63) is 11.9 Å². The molecule has 1 amide bonds. The zero-order chi connectivity index (χ0) is 19.4. The van der Waals surface area contributed by atoms with Gasteiger partial charge >= 0.3 is 0 Å². The van der Waals surface area contributed by atoms with E-state index in [1.54, 1.807) is 14.2 Å². The standard InChI is InChI=1S/C19H30N4O4/c1-13(2)19(5-6-19)18(24)20-10-14-11-27-8-7-23(14)16-9-17(26-4)22-15(21-16)12-25-3/h9,13-14H,5-8,10-12H2,1-4H3,(H,20,24). The molecule has 1 aromatic heterocycles. The Bertz CT molecular complexity index is 663. The van der Waals surface area contributed by atoms with E-state index in [-0.39, 0.29) is 17.4 Å². The summed E-state index contributed by atoms with van der Waals surface area (Å²) in [6, 6.07) is 1.83. The molecule has 1 aliphatic carbocycles. The molecule has 8 nitrogen and oxygen atoms in total. The van der Waals surface area contributed by atoms with Gasteiger partial charge in [0.25, 0.3) is 0 Å². The highest BCUT2D eigenvalue weighted by Crippen LogP contribution is 2.52. The summed E-state index contributed by atoms with van der Waals surface area (Å²) in [7, 11) is 3.19. The highest BCUT2D eigenvalue weighted by Gasteiger charge is 2.52. The first kappa shape index (κ1) is 19.8. The predicted molar refractivity (Wildman–Crippen MR) is 101 cm³/mol. The second kappa shape index (κ2) is 8.39. The molecule has 27 heavy (non-hydrogen) atoms. The number of anilines is 1. The maximum atomic E-state index is 12.7. The predicted octanol–water partition coefficient (Wildman–Crippen LogP) is 1.39. The monoisotopic (exact) mass is 378 g/mol. The Morgan fingerprint density at radius 3 is 2.81 bits per heavy atom. The van der Waals surface area contributed by atoms with Crippen LogP contribution < -0.4 is 15.0 Å². The molecule has 1 N–H and O–H groups in total. The van der Waals surface area contributed by atoms with E-state index in [1.807, 2.05) is 6.07 Å². The van der Waals surface area contributed by atoms with Gasteiger partial charge in [-0.2, -0.15) is 4.98 Å². The summed E-state index contributed by atoms with van der Waals surface area (Å²) in [5.74, 6) is 2.35. The van der Waals surface area contributed by atoms with Crippen LogP contribution in [-0.2, 0) is 20.9 Å². The molecule has 1 aliphatic heterocycles. The summed E-state index contributed by atoms with van der Waals surface area (Å²) in [4.78, 5) is 23.7. The fourth-order valence-corrected chi connectivity index (χ4v) is 3.62. The number of amides is 1. The van der Waals surface area contributed by atoms with Crippen LogP contribution in [0.3, 0.4) is 0 Å². The largest absolute Gasteiger partial charge is 0.481 e. The number of carbonyl (C=O) groups is 1. The number of carbonyl (C=O) groups excluding carboxylic acids is 1. The van der Waals surface area contributed by atoms with E-state index < -0.39 is 0 Å². The first-order chi connectivity index (χ1) is 13.0.